The lowest BCUT2D eigenvalue weighted by Gasteiger charge is -2.26. The van der Waals surface area contributed by atoms with E-state index in [1.165, 1.54) is 11.3 Å². The molecule has 1 fully saturated rings. The summed E-state index contributed by atoms with van der Waals surface area (Å²) < 4.78 is 5.74. The van der Waals surface area contributed by atoms with Crippen LogP contribution >= 0.6 is 11.3 Å². The average molecular weight is 297 g/mol. The van der Waals surface area contributed by atoms with Crippen LogP contribution in [0.2, 0.25) is 0 Å². The molecule has 1 saturated heterocycles. The average Bonchev–Trinajstić information content (AvgIpc) is 2.98. The van der Waals surface area contributed by atoms with Gasteiger partial charge in [0.25, 0.3) is 0 Å². The fourth-order valence-corrected chi connectivity index (χ4v) is 2.87. The van der Waals surface area contributed by atoms with Crippen molar-refractivity contribution in [1.29, 1.82) is 0 Å². The molecule has 1 aromatic rings. The Morgan fingerprint density at radius 3 is 3.05 bits per heavy atom. The monoisotopic (exact) mass is 297 g/mol. The summed E-state index contributed by atoms with van der Waals surface area (Å²) in [6.45, 7) is 8.55. The summed E-state index contributed by atoms with van der Waals surface area (Å²) in [4.78, 5) is 18.5. The zero-order valence-corrected chi connectivity index (χ0v) is 13.2. The third-order valence-corrected chi connectivity index (χ3v) is 3.93. The number of aromatic nitrogens is 1. The minimum atomic E-state index is -0.127. The summed E-state index contributed by atoms with van der Waals surface area (Å²) in [6, 6.07) is -0.0533. The molecule has 20 heavy (non-hydrogen) atoms. The maximum absolute atomic E-state index is 12.3. The molecule has 1 aromatic heterocycles. The number of nitrogens with zero attached hydrogens (tertiary/aromatic N) is 2. The van der Waals surface area contributed by atoms with Crippen LogP contribution in [0.15, 0.2) is 11.6 Å². The Morgan fingerprint density at radius 2 is 2.40 bits per heavy atom. The summed E-state index contributed by atoms with van der Waals surface area (Å²) in [5.41, 5.74) is -0.127. The van der Waals surface area contributed by atoms with Crippen LogP contribution in [0.3, 0.4) is 0 Å². The number of likely N-dealkylation sites (tertiary alicyclic amines) is 1. The van der Waals surface area contributed by atoms with E-state index in [9.17, 15) is 4.79 Å². The molecule has 1 atom stereocenters. The topological polar surface area (TPSA) is 54.5 Å². The van der Waals surface area contributed by atoms with Crippen LogP contribution < -0.4 is 5.32 Å². The zero-order valence-electron chi connectivity index (χ0n) is 12.4. The van der Waals surface area contributed by atoms with E-state index in [0.717, 1.165) is 25.9 Å². The van der Waals surface area contributed by atoms with Crippen molar-refractivity contribution in [3.05, 3.63) is 11.6 Å². The number of nitrogens with one attached hydrogen (secondary N) is 1. The van der Waals surface area contributed by atoms with Gasteiger partial charge < -0.3 is 10.1 Å². The molecule has 1 unspecified atom stereocenters. The number of carbonyl (C=O) groups is 1. The van der Waals surface area contributed by atoms with Gasteiger partial charge in [-0.15, -0.1) is 11.3 Å². The lowest BCUT2D eigenvalue weighted by Crippen LogP contribution is -2.41. The highest BCUT2D eigenvalue weighted by Crippen LogP contribution is 2.20. The number of ether oxygens (including phenoxy) is 1. The second-order valence-electron chi connectivity index (χ2n) is 5.98. The van der Waals surface area contributed by atoms with Gasteiger partial charge >= 0.3 is 0 Å². The molecule has 112 valence electrons. The standard InChI is InChI=1S/C14H23N3O2S/c1-14(2,3)19-9-8-17-7-4-5-11(17)12(18)16-13-15-6-10-20-13/h6,10-11H,4-5,7-9H2,1-3H3,(H,15,16,18). The maximum atomic E-state index is 12.3. The lowest BCUT2D eigenvalue weighted by atomic mass is 10.2. The van der Waals surface area contributed by atoms with E-state index in [1.54, 1.807) is 6.20 Å². The first-order chi connectivity index (χ1) is 9.46. The molecular weight excluding hydrogens is 274 g/mol. The Kier molecular flexibility index (Phi) is 5.12. The molecule has 2 rings (SSSR count). The maximum Gasteiger partial charge on any atom is 0.243 e. The summed E-state index contributed by atoms with van der Waals surface area (Å²) in [6.07, 6.45) is 3.67. The van der Waals surface area contributed by atoms with Crippen LogP contribution in [0.25, 0.3) is 0 Å². The highest BCUT2D eigenvalue weighted by Gasteiger charge is 2.30. The Morgan fingerprint density at radius 1 is 1.60 bits per heavy atom. The summed E-state index contributed by atoms with van der Waals surface area (Å²) in [5, 5.41) is 5.42. The van der Waals surface area contributed by atoms with Gasteiger partial charge in [0.1, 0.15) is 0 Å². The van der Waals surface area contributed by atoms with Crippen molar-refractivity contribution < 1.29 is 9.53 Å². The Labute approximate surface area is 124 Å². The quantitative estimate of drug-likeness (QED) is 0.906. The first-order valence-electron chi connectivity index (χ1n) is 7.04. The molecule has 0 aliphatic carbocycles. The molecule has 2 heterocycles. The number of thiazole rings is 1. The van der Waals surface area contributed by atoms with Gasteiger partial charge in [-0.3, -0.25) is 9.69 Å². The van der Waals surface area contributed by atoms with E-state index in [4.69, 9.17) is 4.74 Å². The van der Waals surface area contributed by atoms with Gasteiger partial charge in [0.05, 0.1) is 18.2 Å². The lowest BCUT2D eigenvalue weighted by molar-refractivity contribution is -0.120. The van der Waals surface area contributed by atoms with Crippen molar-refractivity contribution in [1.82, 2.24) is 9.88 Å². The largest absolute Gasteiger partial charge is 0.375 e. The van der Waals surface area contributed by atoms with Gasteiger partial charge in [-0.1, -0.05) is 0 Å². The normalized spacial score (nSPS) is 20.2. The van der Waals surface area contributed by atoms with Crippen molar-refractivity contribution >= 4 is 22.4 Å². The van der Waals surface area contributed by atoms with Crippen molar-refractivity contribution in [2.45, 2.75) is 45.3 Å². The van der Waals surface area contributed by atoms with Gasteiger partial charge in [-0.05, 0) is 40.2 Å². The van der Waals surface area contributed by atoms with Gasteiger partial charge in [0.2, 0.25) is 5.91 Å². The number of hydrogen-bond acceptors (Lipinski definition) is 5. The van der Waals surface area contributed by atoms with E-state index >= 15 is 0 Å². The van der Waals surface area contributed by atoms with Gasteiger partial charge in [-0.2, -0.15) is 0 Å². The Hall–Kier alpha value is -0.980. The van der Waals surface area contributed by atoms with E-state index in [-0.39, 0.29) is 17.6 Å². The van der Waals surface area contributed by atoms with Crippen molar-refractivity contribution in [3.63, 3.8) is 0 Å². The van der Waals surface area contributed by atoms with Crippen molar-refractivity contribution in [2.24, 2.45) is 0 Å². The van der Waals surface area contributed by atoms with E-state index in [2.05, 4.69) is 15.2 Å². The third-order valence-electron chi connectivity index (χ3n) is 3.24. The fourth-order valence-electron chi connectivity index (χ4n) is 2.33. The predicted octanol–water partition coefficient (Wildman–Crippen LogP) is 2.36. The predicted molar refractivity (Wildman–Crippen MR) is 81.0 cm³/mol. The van der Waals surface area contributed by atoms with Gasteiger partial charge in [0.15, 0.2) is 5.13 Å². The molecule has 0 bridgehead atoms. The van der Waals surface area contributed by atoms with Crippen LogP contribution in [-0.2, 0) is 9.53 Å². The van der Waals surface area contributed by atoms with Crippen LogP contribution in [0, 0.1) is 0 Å². The van der Waals surface area contributed by atoms with Crippen molar-refractivity contribution in [2.75, 3.05) is 25.0 Å². The summed E-state index contributed by atoms with van der Waals surface area (Å²) in [7, 11) is 0. The van der Waals surface area contributed by atoms with Crippen LogP contribution in [0.1, 0.15) is 33.6 Å². The van der Waals surface area contributed by atoms with Crippen molar-refractivity contribution in [3.8, 4) is 0 Å². The molecular formula is C14H23N3O2S. The number of anilines is 1. The first kappa shape index (κ1) is 15.4. The first-order valence-corrected chi connectivity index (χ1v) is 7.92. The minimum absolute atomic E-state index is 0.0493. The molecule has 1 aliphatic heterocycles. The van der Waals surface area contributed by atoms with Crippen LogP contribution in [-0.4, -0.2) is 47.1 Å². The number of carbonyl (C=O) groups excluding carboxylic acids is 1. The molecule has 0 spiro atoms. The molecule has 1 N–H and O–H groups in total. The molecule has 6 heteroatoms. The molecule has 5 nitrogen and oxygen atoms in total. The summed E-state index contributed by atoms with van der Waals surface area (Å²) >= 11 is 1.45. The van der Waals surface area contributed by atoms with Crippen LogP contribution in [0.5, 0.6) is 0 Å². The number of hydrogen-bond donors (Lipinski definition) is 1. The second-order valence-corrected chi connectivity index (χ2v) is 6.88. The Bertz CT molecular complexity index is 428. The van der Waals surface area contributed by atoms with Gasteiger partial charge in [-0.25, -0.2) is 4.98 Å². The third kappa shape index (κ3) is 4.54. The highest BCUT2D eigenvalue weighted by molar-refractivity contribution is 7.13. The molecule has 0 radical (unpaired) electrons. The molecule has 1 amide bonds. The SMILES string of the molecule is CC(C)(C)OCCN1CCCC1C(=O)Nc1nccs1. The van der Waals surface area contributed by atoms with E-state index < -0.39 is 0 Å². The van der Waals surface area contributed by atoms with E-state index in [1.807, 2.05) is 26.2 Å². The summed E-state index contributed by atoms with van der Waals surface area (Å²) in [5.74, 6) is 0.0493. The second kappa shape index (κ2) is 6.65. The molecule has 1 aliphatic rings. The highest BCUT2D eigenvalue weighted by atomic mass is 32.1. The molecule has 0 aromatic carbocycles. The Balaban J connectivity index is 1.82. The van der Waals surface area contributed by atoms with Gasteiger partial charge in [0, 0.05) is 18.1 Å². The zero-order chi connectivity index (χ0) is 14.6. The van der Waals surface area contributed by atoms with E-state index in [0.29, 0.717) is 11.7 Å². The number of rotatable bonds is 5. The smallest absolute Gasteiger partial charge is 0.243 e. The fraction of sp³-hybridized carbons (Fsp3) is 0.714. The van der Waals surface area contributed by atoms with Crippen LogP contribution in [0.4, 0.5) is 5.13 Å². The number of amides is 1. The minimum Gasteiger partial charge on any atom is -0.375 e. The molecule has 0 saturated carbocycles.